The van der Waals surface area contributed by atoms with Crippen LogP contribution in [0, 0.1) is 0 Å². The maximum atomic E-state index is 13.2. The average molecular weight is 436 g/mol. The Morgan fingerprint density at radius 2 is 1.48 bits per heavy atom. The molecule has 0 aliphatic carbocycles. The van der Waals surface area contributed by atoms with Crippen molar-refractivity contribution in [2.45, 2.75) is 5.92 Å². The second kappa shape index (κ2) is 8.75. The van der Waals surface area contributed by atoms with Crippen molar-refractivity contribution >= 4 is 28.4 Å². The number of nitrogens with two attached hydrogens (primary N) is 1. The molecule has 5 aromatic rings. The molecule has 0 spiro atoms. The van der Waals surface area contributed by atoms with E-state index >= 15 is 0 Å². The number of rotatable bonds is 6. The van der Waals surface area contributed by atoms with Crippen molar-refractivity contribution in [3.8, 4) is 5.82 Å². The van der Waals surface area contributed by atoms with Gasteiger partial charge in [0.05, 0.1) is 11.4 Å². The minimum absolute atomic E-state index is 0.226. The van der Waals surface area contributed by atoms with Crippen molar-refractivity contribution in [2.24, 2.45) is 0 Å². The summed E-state index contributed by atoms with van der Waals surface area (Å²) in [6.07, 6.45) is 1.35. The van der Waals surface area contributed by atoms with Crippen LogP contribution in [0.25, 0.3) is 16.9 Å². The Morgan fingerprint density at radius 1 is 0.848 bits per heavy atom. The number of fused-ring (bicyclic) bond motifs is 1. The monoisotopic (exact) mass is 436 g/mol. The number of aromatic nitrogens is 5. The molecule has 5 rings (SSSR count). The van der Waals surface area contributed by atoms with Crippen molar-refractivity contribution in [1.29, 1.82) is 0 Å². The minimum atomic E-state index is -0.512. The molecule has 9 heteroatoms. The molecule has 0 fully saturated rings. The van der Waals surface area contributed by atoms with Crippen LogP contribution < -0.4 is 16.6 Å². The number of amides is 1. The zero-order valence-corrected chi connectivity index (χ0v) is 17.5. The van der Waals surface area contributed by atoms with Crippen molar-refractivity contribution < 1.29 is 4.79 Å². The van der Waals surface area contributed by atoms with Gasteiger partial charge in [-0.05, 0) is 23.3 Å². The number of nitrogen functional groups attached to an aromatic ring is 1. The summed E-state index contributed by atoms with van der Waals surface area (Å²) in [6.45, 7) is 0. The topological polar surface area (TPSA) is 124 Å². The Balaban J connectivity index is 1.42. The summed E-state index contributed by atoms with van der Waals surface area (Å²) in [5.41, 5.74) is 15.3. The fraction of sp³-hybridized carbons (Fsp3) is 0.0417. The zero-order valence-electron chi connectivity index (χ0n) is 17.5. The van der Waals surface area contributed by atoms with Crippen molar-refractivity contribution in [3.63, 3.8) is 0 Å². The van der Waals surface area contributed by atoms with Crippen LogP contribution in [0.1, 0.15) is 17.0 Å². The largest absolute Gasteiger partial charge is 0.393 e. The maximum Gasteiger partial charge on any atom is 0.250 e. The van der Waals surface area contributed by atoms with E-state index in [0.29, 0.717) is 11.3 Å². The Kier molecular flexibility index (Phi) is 5.34. The molecule has 0 aliphatic rings. The van der Waals surface area contributed by atoms with Gasteiger partial charge in [-0.2, -0.15) is 4.68 Å². The van der Waals surface area contributed by atoms with Gasteiger partial charge in [-0.15, -0.1) is 5.10 Å². The molecule has 4 N–H and O–H groups in total. The number of hydrazine groups is 1. The molecule has 0 atom stereocenters. The first-order valence-electron chi connectivity index (χ1n) is 10.3. The van der Waals surface area contributed by atoms with Crippen LogP contribution in [0.2, 0.25) is 0 Å². The van der Waals surface area contributed by atoms with E-state index < -0.39 is 5.92 Å². The number of carbonyl (C=O) groups is 1. The summed E-state index contributed by atoms with van der Waals surface area (Å²) < 4.78 is 1.54. The maximum absolute atomic E-state index is 13.2. The van der Waals surface area contributed by atoms with Gasteiger partial charge in [-0.1, -0.05) is 78.0 Å². The van der Waals surface area contributed by atoms with E-state index in [1.54, 1.807) is 0 Å². The van der Waals surface area contributed by atoms with Gasteiger partial charge >= 0.3 is 0 Å². The van der Waals surface area contributed by atoms with Gasteiger partial charge in [0.15, 0.2) is 11.6 Å². The van der Waals surface area contributed by atoms with Gasteiger partial charge in [-0.25, -0.2) is 9.97 Å². The van der Waals surface area contributed by atoms with Crippen LogP contribution in [0.3, 0.4) is 0 Å². The normalized spacial score (nSPS) is 10.9. The lowest BCUT2D eigenvalue weighted by atomic mass is 9.91. The van der Waals surface area contributed by atoms with Gasteiger partial charge in [0.2, 0.25) is 5.91 Å². The predicted octanol–water partition coefficient (Wildman–Crippen LogP) is 3.07. The Bertz CT molecular complexity index is 1360. The van der Waals surface area contributed by atoms with Crippen molar-refractivity contribution in [3.05, 3.63) is 102 Å². The molecule has 1 amide bonds. The smallest absolute Gasteiger partial charge is 0.250 e. The second-order valence-electron chi connectivity index (χ2n) is 7.32. The van der Waals surface area contributed by atoms with E-state index in [1.807, 2.05) is 84.9 Å². The first-order valence-corrected chi connectivity index (χ1v) is 10.3. The highest BCUT2D eigenvalue weighted by molar-refractivity contribution is 5.88. The van der Waals surface area contributed by atoms with Crippen molar-refractivity contribution in [2.75, 3.05) is 11.2 Å². The fourth-order valence-corrected chi connectivity index (χ4v) is 3.66. The number of hydrogen-bond donors (Lipinski definition) is 3. The number of anilines is 2. The highest BCUT2D eigenvalue weighted by Crippen LogP contribution is 2.26. The molecule has 0 bridgehead atoms. The predicted molar refractivity (Wildman–Crippen MR) is 125 cm³/mol. The quantitative estimate of drug-likeness (QED) is 0.350. The third-order valence-corrected chi connectivity index (χ3v) is 5.25. The van der Waals surface area contributed by atoms with Crippen LogP contribution in [0.5, 0.6) is 0 Å². The molecular weight excluding hydrogens is 416 g/mol. The Morgan fingerprint density at radius 3 is 2.18 bits per heavy atom. The third-order valence-electron chi connectivity index (χ3n) is 5.25. The number of nitrogens with zero attached hydrogens (tertiary/aromatic N) is 5. The van der Waals surface area contributed by atoms with Crippen LogP contribution in [-0.2, 0) is 4.79 Å². The van der Waals surface area contributed by atoms with Crippen LogP contribution in [0.4, 0.5) is 11.5 Å². The van der Waals surface area contributed by atoms with Gasteiger partial charge in [-0.3, -0.25) is 15.6 Å². The number of para-hydroxylation sites is 1. The summed E-state index contributed by atoms with van der Waals surface area (Å²) in [6, 6.07) is 26.6. The summed E-state index contributed by atoms with van der Waals surface area (Å²) in [5.74, 6) is -0.147. The molecule has 33 heavy (non-hydrogen) atoms. The van der Waals surface area contributed by atoms with E-state index in [1.165, 1.54) is 11.0 Å². The molecule has 162 valence electrons. The first kappa shape index (κ1) is 20.1. The lowest BCUT2D eigenvalue weighted by Crippen LogP contribution is -2.35. The van der Waals surface area contributed by atoms with E-state index in [4.69, 9.17) is 5.73 Å². The van der Waals surface area contributed by atoms with Gasteiger partial charge in [0, 0.05) is 0 Å². The number of carbonyl (C=O) groups excluding carboxylic acids is 1. The summed E-state index contributed by atoms with van der Waals surface area (Å²) in [5, 5.41) is 8.29. The molecule has 0 radical (unpaired) electrons. The third kappa shape index (κ3) is 3.94. The van der Waals surface area contributed by atoms with E-state index in [9.17, 15) is 4.79 Å². The lowest BCUT2D eigenvalue weighted by molar-refractivity contribution is -0.121. The minimum Gasteiger partial charge on any atom is -0.393 e. The van der Waals surface area contributed by atoms with Crippen LogP contribution in [0.15, 0.2) is 91.3 Å². The standard InChI is InChI=1S/C24H20N8O/c25-21-22(26-15-27-23(21)32-19-14-8-7-13-18(19)28-31-32)29-30-24(33)20(16-9-3-1-4-10-16)17-11-5-2-6-12-17/h1-15,20H,25H2,(H,30,33)(H,26,27,29). The number of hydrogen-bond acceptors (Lipinski definition) is 7. The lowest BCUT2D eigenvalue weighted by Gasteiger charge is -2.19. The molecule has 3 aromatic carbocycles. The molecule has 2 heterocycles. The van der Waals surface area contributed by atoms with E-state index in [2.05, 4.69) is 31.1 Å². The van der Waals surface area contributed by atoms with Crippen LogP contribution in [-0.4, -0.2) is 30.9 Å². The molecule has 9 nitrogen and oxygen atoms in total. The highest BCUT2D eigenvalue weighted by atomic mass is 16.2. The number of nitrogens with one attached hydrogen (secondary N) is 2. The van der Waals surface area contributed by atoms with E-state index in [0.717, 1.165) is 16.6 Å². The molecule has 0 unspecified atom stereocenters. The van der Waals surface area contributed by atoms with E-state index in [-0.39, 0.29) is 17.4 Å². The van der Waals surface area contributed by atoms with Gasteiger partial charge in [0.25, 0.3) is 0 Å². The fourth-order valence-electron chi connectivity index (χ4n) is 3.66. The average Bonchev–Trinajstić information content (AvgIpc) is 3.29. The molecule has 0 saturated carbocycles. The molecule has 0 aliphatic heterocycles. The Hall–Kier alpha value is -4.79. The highest BCUT2D eigenvalue weighted by Gasteiger charge is 2.23. The van der Waals surface area contributed by atoms with Crippen LogP contribution >= 0.6 is 0 Å². The van der Waals surface area contributed by atoms with Gasteiger partial charge < -0.3 is 5.73 Å². The summed E-state index contributed by atoms with van der Waals surface area (Å²) in [7, 11) is 0. The first-order chi connectivity index (χ1) is 16.2. The zero-order chi connectivity index (χ0) is 22.6. The molecule has 2 aromatic heterocycles. The summed E-state index contributed by atoms with van der Waals surface area (Å²) in [4.78, 5) is 21.7. The molecule has 0 saturated heterocycles. The number of benzene rings is 3. The molecular formula is C24H20N8O. The summed E-state index contributed by atoms with van der Waals surface area (Å²) >= 11 is 0. The van der Waals surface area contributed by atoms with Crippen molar-refractivity contribution in [1.82, 2.24) is 30.4 Å². The second-order valence-corrected chi connectivity index (χ2v) is 7.32. The van der Waals surface area contributed by atoms with Gasteiger partial charge in [0.1, 0.15) is 17.5 Å². The Labute approximate surface area is 189 Å². The SMILES string of the molecule is Nc1c(NNC(=O)C(c2ccccc2)c2ccccc2)ncnc1-n1nnc2ccccc21.